The third-order valence-electron chi connectivity index (χ3n) is 4.26. The van der Waals surface area contributed by atoms with Crippen molar-refractivity contribution < 1.29 is 4.74 Å². The summed E-state index contributed by atoms with van der Waals surface area (Å²) in [4.78, 5) is 9.59. The molecule has 0 saturated carbocycles. The van der Waals surface area contributed by atoms with E-state index in [-0.39, 0.29) is 0 Å². The highest BCUT2D eigenvalue weighted by atomic mass is 16.5. The van der Waals surface area contributed by atoms with Gasteiger partial charge in [0.1, 0.15) is 11.6 Å². The molecular formula is C16H25N3O. The molecule has 1 unspecified atom stereocenters. The maximum atomic E-state index is 5.83. The van der Waals surface area contributed by atoms with Crippen LogP contribution in [0, 0.1) is 0 Å². The summed E-state index contributed by atoms with van der Waals surface area (Å²) in [5.41, 5.74) is 2.62. The first-order chi connectivity index (χ1) is 9.86. The molecular weight excluding hydrogens is 250 g/mol. The van der Waals surface area contributed by atoms with Gasteiger partial charge in [-0.15, -0.1) is 0 Å². The van der Waals surface area contributed by atoms with Crippen molar-refractivity contribution in [2.45, 2.75) is 64.4 Å². The van der Waals surface area contributed by atoms with Gasteiger partial charge in [0.05, 0.1) is 6.10 Å². The van der Waals surface area contributed by atoms with E-state index in [1.54, 1.807) is 0 Å². The molecule has 1 fully saturated rings. The van der Waals surface area contributed by atoms with E-state index < -0.39 is 0 Å². The van der Waals surface area contributed by atoms with Crippen molar-refractivity contribution in [1.82, 2.24) is 9.97 Å². The van der Waals surface area contributed by atoms with E-state index in [1.807, 2.05) is 0 Å². The molecule has 3 rings (SSSR count). The minimum Gasteiger partial charge on any atom is -0.378 e. The molecule has 1 aromatic rings. The molecule has 1 aromatic heterocycles. The van der Waals surface area contributed by atoms with E-state index in [0.717, 1.165) is 50.5 Å². The van der Waals surface area contributed by atoms with Crippen LogP contribution in [0.5, 0.6) is 0 Å². The highest BCUT2D eigenvalue weighted by Gasteiger charge is 2.20. The highest BCUT2D eigenvalue weighted by Crippen LogP contribution is 2.26. The SMILES string of the molecule is CCNc1nc(CC2CCCCO2)nc2c1CCCC2. The van der Waals surface area contributed by atoms with E-state index in [4.69, 9.17) is 14.7 Å². The summed E-state index contributed by atoms with van der Waals surface area (Å²) < 4.78 is 5.83. The number of fused-ring (bicyclic) bond motifs is 1. The summed E-state index contributed by atoms with van der Waals surface area (Å²) in [7, 11) is 0. The Balaban J connectivity index is 1.81. The van der Waals surface area contributed by atoms with Gasteiger partial charge in [0.15, 0.2) is 0 Å². The number of nitrogens with zero attached hydrogens (tertiary/aromatic N) is 2. The standard InChI is InChI=1S/C16H25N3O/c1-2-17-16-13-8-3-4-9-14(13)18-15(19-16)11-12-7-5-6-10-20-12/h12H,2-11H2,1H3,(H,17,18,19). The van der Waals surface area contributed by atoms with Crippen LogP contribution in [0.2, 0.25) is 0 Å². The van der Waals surface area contributed by atoms with Crippen LogP contribution in [-0.4, -0.2) is 29.2 Å². The third-order valence-corrected chi connectivity index (χ3v) is 4.26. The summed E-state index contributed by atoms with van der Waals surface area (Å²) in [6, 6.07) is 0. The van der Waals surface area contributed by atoms with Crippen molar-refractivity contribution in [1.29, 1.82) is 0 Å². The van der Waals surface area contributed by atoms with Crippen molar-refractivity contribution in [3.8, 4) is 0 Å². The molecule has 1 atom stereocenters. The number of nitrogens with one attached hydrogen (secondary N) is 1. The first-order valence-electron chi connectivity index (χ1n) is 8.11. The Kier molecular flexibility index (Phi) is 4.51. The zero-order valence-corrected chi connectivity index (χ0v) is 12.5. The lowest BCUT2D eigenvalue weighted by Gasteiger charge is -2.24. The Hall–Kier alpha value is -1.16. The second kappa shape index (κ2) is 6.53. The lowest BCUT2D eigenvalue weighted by Crippen LogP contribution is -2.24. The molecule has 4 heteroatoms. The van der Waals surface area contributed by atoms with Crippen molar-refractivity contribution in [3.05, 3.63) is 17.1 Å². The Morgan fingerprint density at radius 1 is 1.15 bits per heavy atom. The predicted molar refractivity (Wildman–Crippen MR) is 80.1 cm³/mol. The maximum absolute atomic E-state index is 5.83. The van der Waals surface area contributed by atoms with E-state index in [2.05, 4.69) is 12.2 Å². The second-order valence-corrected chi connectivity index (χ2v) is 5.84. The highest BCUT2D eigenvalue weighted by molar-refractivity contribution is 5.47. The van der Waals surface area contributed by atoms with Crippen molar-refractivity contribution in [2.24, 2.45) is 0 Å². The molecule has 2 heterocycles. The van der Waals surface area contributed by atoms with Crippen LogP contribution in [0.3, 0.4) is 0 Å². The molecule has 0 spiro atoms. The molecule has 2 aliphatic rings. The lowest BCUT2D eigenvalue weighted by atomic mass is 9.96. The number of hydrogen-bond donors (Lipinski definition) is 1. The van der Waals surface area contributed by atoms with Crippen LogP contribution in [0.1, 0.15) is 56.1 Å². The van der Waals surface area contributed by atoms with Gasteiger partial charge in [0.2, 0.25) is 0 Å². The Labute approximate surface area is 121 Å². The zero-order valence-electron chi connectivity index (χ0n) is 12.5. The lowest BCUT2D eigenvalue weighted by molar-refractivity contribution is 0.0156. The van der Waals surface area contributed by atoms with Crippen LogP contribution < -0.4 is 5.32 Å². The molecule has 1 saturated heterocycles. The topological polar surface area (TPSA) is 47.0 Å². The minimum absolute atomic E-state index is 0.319. The van der Waals surface area contributed by atoms with Gasteiger partial charge in [0.25, 0.3) is 0 Å². The first-order valence-corrected chi connectivity index (χ1v) is 8.11. The maximum Gasteiger partial charge on any atom is 0.133 e. The van der Waals surface area contributed by atoms with E-state index >= 15 is 0 Å². The number of rotatable bonds is 4. The predicted octanol–water partition coefficient (Wildman–Crippen LogP) is 2.90. The molecule has 0 aromatic carbocycles. The fourth-order valence-corrected chi connectivity index (χ4v) is 3.22. The minimum atomic E-state index is 0.319. The number of aryl methyl sites for hydroxylation is 1. The van der Waals surface area contributed by atoms with E-state index in [9.17, 15) is 0 Å². The Bertz CT molecular complexity index is 455. The summed E-state index contributed by atoms with van der Waals surface area (Å²) in [5, 5.41) is 3.42. The molecule has 20 heavy (non-hydrogen) atoms. The van der Waals surface area contributed by atoms with Gasteiger partial charge >= 0.3 is 0 Å². The quantitative estimate of drug-likeness (QED) is 0.918. The average Bonchev–Trinajstić information content (AvgIpc) is 2.49. The van der Waals surface area contributed by atoms with Gasteiger partial charge in [-0.3, -0.25) is 0 Å². The van der Waals surface area contributed by atoms with Crippen molar-refractivity contribution in [3.63, 3.8) is 0 Å². The molecule has 0 amide bonds. The normalized spacial score (nSPS) is 22.4. The van der Waals surface area contributed by atoms with Crippen LogP contribution >= 0.6 is 0 Å². The number of aromatic nitrogens is 2. The van der Waals surface area contributed by atoms with Gasteiger partial charge in [-0.2, -0.15) is 0 Å². The smallest absolute Gasteiger partial charge is 0.133 e. The van der Waals surface area contributed by atoms with Gasteiger partial charge in [-0.1, -0.05) is 0 Å². The number of ether oxygens (including phenoxy) is 1. The van der Waals surface area contributed by atoms with Gasteiger partial charge < -0.3 is 10.1 Å². The Morgan fingerprint density at radius 2 is 2.05 bits per heavy atom. The summed E-state index contributed by atoms with van der Waals surface area (Å²) in [6.45, 7) is 3.94. The van der Waals surface area contributed by atoms with E-state index in [1.165, 1.54) is 36.9 Å². The third kappa shape index (κ3) is 3.11. The van der Waals surface area contributed by atoms with Crippen LogP contribution in [0.15, 0.2) is 0 Å². The van der Waals surface area contributed by atoms with Crippen molar-refractivity contribution >= 4 is 5.82 Å². The number of anilines is 1. The second-order valence-electron chi connectivity index (χ2n) is 5.84. The van der Waals surface area contributed by atoms with Crippen LogP contribution in [0.4, 0.5) is 5.82 Å². The first kappa shape index (κ1) is 13.8. The van der Waals surface area contributed by atoms with E-state index in [0.29, 0.717) is 6.10 Å². The summed E-state index contributed by atoms with van der Waals surface area (Å²) in [6.07, 6.45) is 9.56. The molecule has 110 valence electrons. The molecule has 1 N–H and O–H groups in total. The van der Waals surface area contributed by atoms with Gasteiger partial charge in [-0.05, 0) is 51.9 Å². The number of hydrogen-bond acceptors (Lipinski definition) is 4. The fraction of sp³-hybridized carbons (Fsp3) is 0.750. The molecule has 4 nitrogen and oxygen atoms in total. The average molecular weight is 275 g/mol. The fourth-order valence-electron chi connectivity index (χ4n) is 3.22. The van der Waals surface area contributed by atoms with Gasteiger partial charge in [-0.25, -0.2) is 9.97 Å². The van der Waals surface area contributed by atoms with Crippen LogP contribution in [-0.2, 0) is 24.0 Å². The molecule has 0 bridgehead atoms. The summed E-state index contributed by atoms with van der Waals surface area (Å²) >= 11 is 0. The summed E-state index contributed by atoms with van der Waals surface area (Å²) in [5.74, 6) is 2.04. The molecule has 1 aliphatic carbocycles. The van der Waals surface area contributed by atoms with Gasteiger partial charge in [0, 0.05) is 30.8 Å². The monoisotopic (exact) mass is 275 g/mol. The van der Waals surface area contributed by atoms with Crippen LogP contribution in [0.25, 0.3) is 0 Å². The Morgan fingerprint density at radius 3 is 2.85 bits per heavy atom. The molecule has 1 aliphatic heterocycles. The zero-order chi connectivity index (χ0) is 13.8. The van der Waals surface area contributed by atoms with Crippen molar-refractivity contribution in [2.75, 3.05) is 18.5 Å². The molecule has 0 radical (unpaired) electrons. The largest absolute Gasteiger partial charge is 0.378 e.